The smallest absolute Gasteiger partial charge is 0.180 e. The Labute approximate surface area is 118 Å². The van der Waals surface area contributed by atoms with E-state index >= 15 is 0 Å². The number of hydrogen-bond donors (Lipinski definition) is 1. The second kappa shape index (κ2) is 4.79. The monoisotopic (exact) mass is 291 g/mol. The fraction of sp³-hybridized carbons (Fsp3) is 0.231. The number of anilines is 1. The quantitative estimate of drug-likeness (QED) is 0.799. The van der Waals surface area contributed by atoms with Crippen molar-refractivity contribution < 1.29 is 4.74 Å². The molecule has 0 spiro atoms. The van der Waals surface area contributed by atoms with Crippen LogP contribution >= 0.6 is 22.7 Å². The summed E-state index contributed by atoms with van der Waals surface area (Å²) in [6, 6.07) is 5.96. The Bertz CT molecular complexity index is 733. The van der Waals surface area contributed by atoms with Gasteiger partial charge in [-0.05, 0) is 32.0 Å². The van der Waals surface area contributed by atoms with E-state index in [1.54, 1.807) is 11.3 Å². The highest BCUT2D eigenvalue weighted by Gasteiger charge is 2.13. The molecule has 0 aliphatic heterocycles. The molecule has 4 nitrogen and oxygen atoms in total. The third-order valence-electron chi connectivity index (χ3n) is 2.68. The first-order valence-corrected chi connectivity index (χ1v) is 7.57. The predicted molar refractivity (Wildman–Crippen MR) is 81.0 cm³/mol. The second-order valence-corrected chi connectivity index (χ2v) is 6.11. The summed E-state index contributed by atoms with van der Waals surface area (Å²) in [5.74, 6) is 0.880. The van der Waals surface area contributed by atoms with Crippen LogP contribution in [0, 0.1) is 6.92 Å². The van der Waals surface area contributed by atoms with Crippen molar-refractivity contribution in [2.24, 2.45) is 0 Å². The van der Waals surface area contributed by atoms with Crippen LogP contribution in [-0.4, -0.2) is 16.6 Å². The van der Waals surface area contributed by atoms with E-state index in [0.717, 1.165) is 31.5 Å². The first-order valence-electron chi connectivity index (χ1n) is 5.94. The molecule has 0 atom stereocenters. The zero-order valence-electron chi connectivity index (χ0n) is 10.6. The van der Waals surface area contributed by atoms with Crippen LogP contribution in [0.4, 0.5) is 5.13 Å². The van der Waals surface area contributed by atoms with Gasteiger partial charge < -0.3 is 10.5 Å². The van der Waals surface area contributed by atoms with Gasteiger partial charge in [0.05, 0.1) is 27.4 Å². The zero-order chi connectivity index (χ0) is 13.4. The van der Waals surface area contributed by atoms with Crippen LogP contribution in [-0.2, 0) is 0 Å². The summed E-state index contributed by atoms with van der Waals surface area (Å²) in [7, 11) is 0. The molecular weight excluding hydrogens is 278 g/mol. The van der Waals surface area contributed by atoms with Gasteiger partial charge in [-0.2, -0.15) is 0 Å². The average Bonchev–Trinajstić information content (AvgIpc) is 2.92. The molecule has 98 valence electrons. The minimum atomic E-state index is 0.585. The number of nitrogens with zero attached hydrogens (tertiary/aromatic N) is 2. The van der Waals surface area contributed by atoms with Gasteiger partial charge in [0, 0.05) is 0 Å². The lowest BCUT2D eigenvalue weighted by Gasteiger charge is -2.00. The maximum Gasteiger partial charge on any atom is 0.180 e. The number of fused-ring (bicyclic) bond motifs is 1. The van der Waals surface area contributed by atoms with E-state index in [1.165, 1.54) is 11.3 Å². The van der Waals surface area contributed by atoms with E-state index in [0.29, 0.717) is 11.7 Å². The summed E-state index contributed by atoms with van der Waals surface area (Å²) in [4.78, 5) is 9.93. The lowest BCUT2D eigenvalue weighted by Crippen LogP contribution is -1.89. The topological polar surface area (TPSA) is 61.0 Å². The third-order valence-corrected chi connectivity index (χ3v) is 4.84. The van der Waals surface area contributed by atoms with Gasteiger partial charge in [-0.25, -0.2) is 9.97 Å². The van der Waals surface area contributed by atoms with E-state index in [1.807, 2.05) is 32.0 Å². The van der Waals surface area contributed by atoms with Crippen LogP contribution in [0.15, 0.2) is 18.2 Å². The summed E-state index contributed by atoms with van der Waals surface area (Å²) in [5.41, 5.74) is 7.66. The van der Waals surface area contributed by atoms with Crippen molar-refractivity contribution in [2.45, 2.75) is 13.8 Å². The van der Waals surface area contributed by atoms with Crippen molar-refractivity contribution in [3.05, 3.63) is 23.9 Å². The van der Waals surface area contributed by atoms with E-state index in [2.05, 4.69) is 9.97 Å². The summed E-state index contributed by atoms with van der Waals surface area (Å²) in [5, 5.41) is 1.55. The van der Waals surface area contributed by atoms with Gasteiger partial charge in [0.15, 0.2) is 5.13 Å². The van der Waals surface area contributed by atoms with Crippen molar-refractivity contribution in [1.29, 1.82) is 0 Å². The Morgan fingerprint density at radius 1 is 1.26 bits per heavy atom. The number of hydrogen-bond acceptors (Lipinski definition) is 6. The molecule has 0 fully saturated rings. The van der Waals surface area contributed by atoms with Crippen molar-refractivity contribution in [1.82, 2.24) is 9.97 Å². The number of thiazole rings is 2. The highest BCUT2D eigenvalue weighted by Crippen LogP contribution is 2.37. The Balaban J connectivity index is 2.08. The number of aryl methyl sites for hydroxylation is 1. The van der Waals surface area contributed by atoms with Crippen molar-refractivity contribution in [2.75, 3.05) is 12.3 Å². The van der Waals surface area contributed by atoms with E-state index in [4.69, 9.17) is 10.5 Å². The molecule has 19 heavy (non-hydrogen) atoms. The van der Waals surface area contributed by atoms with E-state index in [-0.39, 0.29) is 0 Å². The van der Waals surface area contributed by atoms with Gasteiger partial charge in [0.1, 0.15) is 10.8 Å². The van der Waals surface area contributed by atoms with Crippen LogP contribution < -0.4 is 10.5 Å². The third kappa shape index (κ3) is 2.29. The van der Waals surface area contributed by atoms with E-state index in [9.17, 15) is 0 Å². The number of ether oxygens (including phenoxy) is 1. The second-order valence-electron chi connectivity index (χ2n) is 4.05. The lowest BCUT2D eigenvalue weighted by atomic mass is 10.3. The van der Waals surface area contributed by atoms with E-state index < -0.39 is 0 Å². The van der Waals surface area contributed by atoms with Crippen molar-refractivity contribution in [3.63, 3.8) is 0 Å². The fourth-order valence-corrected chi connectivity index (χ4v) is 3.83. The summed E-state index contributed by atoms with van der Waals surface area (Å²) >= 11 is 3.12. The Morgan fingerprint density at radius 2 is 2.11 bits per heavy atom. The largest absolute Gasteiger partial charge is 0.494 e. The first kappa shape index (κ1) is 12.4. The Kier molecular flexibility index (Phi) is 3.12. The molecule has 6 heteroatoms. The van der Waals surface area contributed by atoms with Crippen LogP contribution in [0.25, 0.3) is 20.1 Å². The molecule has 0 unspecified atom stereocenters. The molecule has 2 N–H and O–H groups in total. The summed E-state index contributed by atoms with van der Waals surface area (Å²) < 4.78 is 6.62. The molecule has 0 aliphatic carbocycles. The van der Waals surface area contributed by atoms with Gasteiger partial charge in [-0.1, -0.05) is 11.3 Å². The average molecular weight is 291 g/mol. The maximum atomic E-state index is 5.74. The summed E-state index contributed by atoms with van der Waals surface area (Å²) in [6.07, 6.45) is 0. The summed E-state index contributed by atoms with van der Waals surface area (Å²) in [6.45, 7) is 4.60. The van der Waals surface area contributed by atoms with Crippen LogP contribution in [0.2, 0.25) is 0 Å². The number of rotatable bonds is 3. The number of aromatic nitrogens is 2. The number of nitrogens with two attached hydrogens (primary N) is 1. The predicted octanol–water partition coefficient (Wildman–Crippen LogP) is 3.71. The standard InChI is InChI=1S/C13H13N3OS2/c1-3-17-8-4-5-9-10(6-8)18-12(16-9)11-7(2)15-13(14)19-11/h4-6H,3H2,1-2H3,(H2,14,15). The van der Waals surface area contributed by atoms with Crippen LogP contribution in [0.1, 0.15) is 12.6 Å². The number of nitrogen functional groups attached to an aromatic ring is 1. The molecule has 0 bridgehead atoms. The maximum absolute atomic E-state index is 5.74. The minimum absolute atomic E-state index is 0.585. The van der Waals surface area contributed by atoms with Crippen molar-refractivity contribution in [3.8, 4) is 15.6 Å². The minimum Gasteiger partial charge on any atom is -0.494 e. The zero-order valence-corrected chi connectivity index (χ0v) is 12.3. The van der Waals surface area contributed by atoms with Crippen LogP contribution in [0.5, 0.6) is 5.75 Å². The normalized spacial score (nSPS) is 11.1. The molecule has 2 aromatic heterocycles. The van der Waals surface area contributed by atoms with Crippen LogP contribution in [0.3, 0.4) is 0 Å². The molecule has 0 saturated heterocycles. The highest BCUT2D eigenvalue weighted by molar-refractivity contribution is 7.26. The molecule has 0 saturated carbocycles. The van der Waals surface area contributed by atoms with Gasteiger partial charge >= 0.3 is 0 Å². The molecule has 3 aromatic rings. The SMILES string of the molecule is CCOc1ccc2nc(-c3sc(N)nc3C)sc2c1. The molecule has 0 radical (unpaired) electrons. The van der Waals surface area contributed by atoms with Gasteiger partial charge in [0.2, 0.25) is 0 Å². The molecule has 1 aromatic carbocycles. The molecule has 0 amide bonds. The van der Waals surface area contributed by atoms with Gasteiger partial charge in [0.25, 0.3) is 0 Å². The highest BCUT2D eigenvalue weighted by atomic mass is 32.1. The Hall–Kier alpha value is -1.66. The fourth-order valence-electron chi connectivity index (χ4n) is 1.87. The van der Waals surface area contributed by atoms with Crippen molar-refractivity contribution >= 4 is 38.0 Å². The molecule has 3 rings (SSSR count). The first-order chi connectivity index (χ1) is 9.17. The lowest BCUT2D eigenvalue weighted by molar-refractivity contribution is 0.341. The molecule has 0 aliphatic rings. The molecular formula is C13H13N3OS2. The molecule has 2 heterocycles. The van der Waals surface area contributed by atoms with Gasteiger partial charge in [-0.3, -0.25) is 0 Å². The number of benzene rings is 1. The Morgan fingerprint density at radius 3 is 2.79 bits per heavy atom. The van der Waals surface area contributed by atoms with Gasteiger partial charge in [-0.15, -0.1) is 11.3 Å².